The van der Waals surface area contributed by atoms with Crippen molar-refractivity contribution in [1.82, 2.24) is 39.4 Å². The Kier molecular flexibility index (Phi) is 14.2. The Morgan fingerprint density at radius 1 is 1.06 bits per heavy atom. The zero-order valence-corrected chi connectivity index (χ0v) is 39.0. The number of benzene rings is 1. The maximum atomic E-state index is 14.9. The number of carboxylic acid groups (broad SMARTS) is 1. The van der Waals surface area contributed by atoms with Crippen LogP contribution in [0.3, 0.4) is 0 Å². The molecule has 3 saturated heterocycles. The van der Waals surface area contributed by atoms with Crippen molar-refractivity contribution in [3.05, 3.63) is 29.6 Å². The average molecular weight is 910 g/mol. The summed E-state index contributed by atoms with van der Waals surface area (Å²) in [6.45, 7) is 11.7. The Labute approximate surface area is 376 Å². The second-order valence-electron chi connectivity index (χ2n) is 18.8. The zero-order valence-electron chi connectivity index (χ0n) is 37.4. The first-order valence-electron chi connectivity index (χ1n) is 22.1. The number of ether oxygens (including phenoxy) is 2. The van der Waals surface area contributed by atoms with Crippen LogP contribution in [-0.4, -0.2) is 133 Å². The van der Waals surface area contributed by atoms with Crippen molar-refractivity contribution in [1.29, 1.82) is 0 Å². The normalized spacial score (nSPS) is 26.9. The molecule has 0 radical (unpaired) electrons. The van der Waals surface area contributed by atoms with Gasteiger partial charge in [0.1, 0.15) is 40.9 Å². The van der Waals surface area contributed by atoms with Crippen LogP contribution in [0.15, 0.2) is 29.6 Å². The predicted octanol–water partition coefficient (Wildman–Crippen LogP) is 5.15. The van der Waals surface area contributed by atoms with Gasteiger partial charge >= 0.3 is 12.0 Å². The molecule has 63 heavy (non-hydrogen) atoms. The van der Waals surface area contributed by atoms with Crippen LogP contribution < -0.4 is 30.7 Å². The van der Waals surface area contributed by atoms with Crippen molar-refractivity contribution >= 4 is 62.4 Å². The van der Waals surface area contributed by atoms with E-state index in [1.165, 1.54) is 16.2 Å². The summed E-state index contributed by atoms with van der Waals surface area (Å²) in [6, 6.07) is 4.46. The number of hydrogen-bond acceptors (Lipinski definition) is 11. The molecule has 2 unspecified atom stereocenters. The molecule has 1 aromatic carbocycles. The van der Waals surface area contributed by atoms with E-state index in [1.807, 2.05) is 68.6 Å². The highest BCUT2D eigenvalue weighted by Crippen LogP contribution is 2.48. The molecule has 19 heteroatoms. The summed E-state index contributed by atoms with van der Waals surface area (Å²) in [6.07, 6.45) is 4.86. The number of carbonyl (C=O) groups excluding carboxylic acids is 3. The van der Waals surface area contributed by atoms with Crippen molar-refractivity contribution in [2.75, 3.05) is 45.7 Å². The van der Waals surface area contributed by atoms with Gasteiger partial charge in [0.15, 0.2) is 16.3 Å². The number of rotatable bonds is 11. The third-order valence-corrected chi connectivity index (χ3v) is 14.9. The van der Waals surface area contributed by atoms with Crippen LogP contribution in [0.4, 0.5) is 9.93 Å². The number of methoxy groups -OCH3 is 1. The quantitative estimate of drug-likeness (QED) is 0.170. The minimum absolute atomic E-state index is 0.00753. The first-order chi connectivity index (χ1) is 29.9. The summed E-state index contributed by atoms with van der Waals surface area (Å²) < 4.78 is 28.8. The molecule has 0 bridgehead atoms. The first kappa shape index (κ1) is 46.4. The molecule has 1 aliphatic carbocycles. The van der Waals surface area contributed by atoms with E-state index in [-0.39, 0.29) is 24.9 Å². The Hall–Kier alpha value is -4.59. The smallest absolute Gasteiger partial charge is 0.329 e. The number of thiazole rings is 1. The maximum absolute atomic E-state index is 14.9. The topological polar surface area (TPSA) is 208 Å². The van der Waals surface area contributed by atoms with Crippen LogP contribution in [0.5, 0.6) is 11.5 Å². The van der Waals surface area contributed by atoms with E-state index in [1.54, 1.807) is 18.5 Å². The lowest BCUT2D eigenvalue weighted by Crippen LogP contribution is -2.59. The van der Waals surface area contributed by atoms with Gasteiger partial charge in [-0.1, -0.05) is 52.9 Å². The zero-order chi connectivity index (χ0) is 45.2. The van der Waals surface area contributed by atoms with Gasteiger partial charge in [0.2, 0.25) is 11.8 Å². The molecular weight excluding hydrogens is 847 g/mol. The molecule has 17 nitrogen and oxygen atoms in total. The van der Waals surface area contributed by atoms with Crippen molar-refractivity contribution in [2.24, 2.45) is 11.3 Å². The van der Waals surface area contributed by atoms with E-state index in [0.717, 1.165) is 30.8 Å². The molecule has 7 rings (SSSR count). The third-order valence-electron chi connectivity index (χ3n) is 12.7. The number of carboxylic acids is 1. The Morgan fingerprint density at radius 2 is 1.81 bits per heavy atom. The largest absolute Gasteiger partial charge is 0.497 e. The molecule has 5 heterocycles. The first-order valence-corrected chi connectivity index (χ1v) is 24.1. The summed E-state index contributed by atoms with van der Waals surface area (Å²) >= 11 is 0.143. The maximum Gasteiger partial charge on any atom is 0.329 e. The lowest BCUT2D eigenvalue weighted by molar-refractivity contribution is -0.145. The van der Waals surface area contributed by atoms with Gasteiger partial charge in [-0.25, -0.2) is 32.4 Å². The van der Waals surface area contributed by atoms with Crippen LogP contribution in [0, 0.1) is 11.3 Å². The number of nitrogens with zero attached hydrogens (tertiary/aromatic N) is 5. The number of likely N-dealkylation sites (N-methyl/N-ethyl adjacent to an activating group) is 1. The van der Waals surface area contributed by atoms with Crippen LogP contribution in [0.2, 0.25) is 0 Å². The van der Waals surface area contributed by atoms with Crippen LogP contribution >= 0.6 is 11.3 Å². The van der Waals surface area contributed by atoms with Crippen LogP contribution in [0.1, 0.15) is 92.4 Å². The van der Waals surface area contributed by atoms with Gasteiger partial charge < -0.3 is 40.7 Å². The summed E-state index contributed by atoms with van der Waals surface area (Å²) in [4.78, 5) is 67.2. The molecule has 4 fully saturated rings. The monoisotopic (exact) mass is 909 g/mol. The van der Waals surface area contributed by atoms with Gasteiger partial charge in [-0.15, -0.1) is 11.3 Å². The van der Waals surface area contributed by atoms with Gasteiger partial charge in [-0.3, -0.25) is 9.59 Å². The molecule has 1 saturated carbocycles. The van der Waals surface area contributed by atoms with E-state index in [2.05, 4.69) is 21.3 Å². The van der Waals surface area contributed by atoms with Crippen molar-refractivity contribution in [2.45, 2.75) is 128 Å². The molecule has 0 spiro atoms. The van der Waals surface area contributed by atoms with E-state index >= 15 is 0 Å². The fourth-order valence-corrected chi connectivity index (χ4v) is 10.8. The van der Waals surface area contributed by atoms with Crippen molar-refractivity contribution < 1.29 is 38.0 Å². The lowest BCUT2D eigenvalue weighted by atomic mass is 9.86. The van der Waals surface area contributed by atoms with Crippen molar-refractivity contribution in [3.63, 3.8) is 0 Å². The SMILES string of the molecule is COc1ccc2c(O[C@@H]3C[C@H]4C(=O)N[C@]5(C(=O)O)CC5CCCCCCC[C@H](NC(=O)N[C@H](CN5CCN(C)S5=O)C(C)(C)C)C(=O)N4C3)cc(-c3csc(NC(C)C)n3)nc2c1. The number of carbonyl (C=O) groups is 4. The molecule has 344 valence electrons. The highest BCUT2D eigenvalue weighted by molar-refractivity contribution is 7.80. The fourth-order valence-electron chi connectivity index (χ4n) is 8.83. The second kappa shape index (κ2) is 19.3. The number of pyridine rings is 1. The summed E-state index contributed by atoms with van der Waals surface area (Å²) in [5, 5.41) is 26.0. The van der Waals surface area contributed by atoms with Gasteiger partial charge in [-0.05, 0) is 56.6 Å². The van der Waals surface area contributed by atoms with E-state index in [4.69, 9.17) is 19.4 Å². The van der Waals surface area contributed by atoms with E-state index in [0.29, 0.717) is 79.1 Å². The van der Waals surface area contributed by atoms with Gasteiger partial charge in [0.25, 0.3) is 0 Å². The molecule has 7 atom stereocenters. The minimum atomic E-state index is -1.40. The minimum Gasteiger partial charge on any atom is -0.497 e. The number of amides is 4. The lowest BCUT2D eigenvalue weighted by Gasteiger charge is -2.35. The number of aliphatic carboxylic acids is 1. The number of nitrogens with one attached hydrogen (secondary N) is 4. The Bertz CT molecular complexity index is 2200. The predicted molar refractivity (Wildman–Crippen MR) is 243 cm³/mol. The molecule has 4 aliphatic rings. The molecule has 4 amide bonds. The standard InChI is InChI=1S/C44H63N9O8S2/c1-26(2)45-42-48-34(25-62-42)33-21-36(30-16-15-28(60-7)19-32(30)46-33)61-29-20-35-38(54)50-44(40(56)57)22-27(44)13-11-9-8-10-12-14-31(39(55)53(35)23-29)47-41(58)49-37(43(3,4)5)24-52-18-17-51(6)63(52)59/h15-16,19,21,25-27,29,31,35,37H,8-14,17-18,20,22-24H2,1-7H3,(H,45,48)(H,50,54)(H,56,57)(H2,47,49,58)/t27?,29-,31+,35+,37-,44-,63?/m1/s1. The van der Waals surface area contributed by atoms with E-state index in [9.17, 15) is 28.5 Å². The summed E-state index contributed by atoms with van der Waals surface area (Å²) in [5.41, 5.74) is 0.00327. The van der Waals surface area contributed by atoms with Crippen LogP contribution in [-0.2, 0) is 25.6 Å². The fraction of sp³-hybridized carbons (Fsp3) is 0.636. The number of anilines is 1. The Morgan fingerprint density at radius 3 is 2.49 bits per heavy atom. The van der Waals surface area contributed by atoms with Gasteiger partial charge in [0, 0.05) is 68.1 Å². The highest BCUT2D eigenvalue weighted by Gasteiger charge is 2.62. The number of urea groups is 1. The van der Waals surface area contributed by atoms with Crippen LogP contribution in [0.25, 0.3) is 22.3 Å². The second-order valence-corrected chi connectivity index (χ2v) is 21.2. The number of hydrogen-bond donors (Lipinski definition) is 5. The Balaban J connectivity index is 1.18. The summed E-state index contributed by atoms with van der Waals surface area (Å²) in [5.74, 6) is -1.21. The van der Waals surface area contributed by atoms with Crippen molar-refractivity contribution in [3.8, 4) is 22.9 Å². The molecular formula is C44H63N9O8S2. The molecule has 3 aromatic rings. The molecule has 2 aromatic heterocycles. The summed E-state index contributed by atoms with van der Waals surface area (Å²) in [7, 11) is 3.38. The highest BCUT2D eigenvalue weighted by atomic mass is 32.2. The van der Waals surface area contributed by atoms with Gasteiger partial charge in [0.05, 0.1) is 24.9 Å². The number of aromatic nitrogens is 2. The van der Waals surface area contributed by atoms with Gasteiger partial charge in [-0.2, -0.15) is 0 Å². The van der Waals surface area contributed by atoms with E-state index < -0.39 is 70.2 Å². The molecule has 5 N–H and O–H groups in total. The average Bonchev–Trinajstić information content (AvgIpc) is 3.49. The number of fused-ring (bicyclic) bond motifs is 3. The third kappa shape index (κ3) is 10.7. The molecule has 3 aliphatic heterocycles.